The molecule has 0 aromatic heterocycles. The maximum Gasteiger partial charge on any atom is 0.329 e. The van der Waals surface area contributed by atoms with Crippen molar-refractivity contribution in [1.29, 1.82) is 0 Å². The highest BCUT2D eigenvalue weighted by Crippen LogP contribution is 2.19. The summed E-state index contributed by atoms with van der Waals surface area (Å²) in [5.41, 5.74) is 0.0911. The number of benzene rings is 1. The van der Waals surface area contributed by atoms with E-state index in [9.17, 15) is 22.8 Å². The Hall–Kier alpha value is -2.50. The molecule has 0 spiro atoms. The molecule has 0 bridgehead atoms. The quantitative estimate of drug-likeness (QED) is 0.499. The van der Waals surface area contributed by atoms with E-state index in [1.807, 2.05) is 0 Å². The van der Waals surface area contributed by atoms with Gasteiger partial charge in [0.1, 0.15) is 6.04 Å². The molecule has 184 valence electrons. The first kappa shape index (κ1) is 26.7. The molecule has 2 atom stereocenters. The van der Waals surface area contributed by atoms with Gasteiger partial charge in [-0.05, 0) is 44.9 Å². The van der Waals surface area contributed by atoms with E-state index in [2.05, 4.69) is 10.6 Å². The first-order valence-corrected chi connectivity index (χ1v) is 12.4. The molecule has 1 aliphatic rings. The van der Waals surface area contributed by atoms with Crippen molar-refractivity contribution in [1.82, 2.24) is 14.9 Å². The van der Waals surface area contributed by atoms with Gasteiger partial charge in [0.2, 0.25) is 10.0 Å². The van der Waals surface area contributed by atoms with Crippen molar-refractivity contribution in [3.8, 4) is 0 Å². The molecule has 0 aliphatic carbocycles. The second-order valence-corrected chi connectivity index (χ2v) is 10.4. The Kier molecular flexibility index (Phi) is 9.38. The molecule has 0 saturated carbocycles. The SMILES string of the molecule is CC(C)NC(=O)C(C)OC(=O)C(NC(=O)c1cccc(S(=O)(=O)N2CCOCC2)c1)C(C)C. The Morgan fingerprint density at radius 1 is 1.03 bits per heavy atom. The van der Waals surface area contributed by atoms with Gasteiger partial charge in [-0.25, -0.2) is 13.2 Å². The lowest BCUT2D eigenvalue weighted by Gasteiger charge is -2.26. The predicted octanol–water partition coefficient (Wildman–Crippen LogP) is 0.918. The summed E-state index contributed by atoms with van der Waals surface area (Å²) in [4.78, 5) is 37.5. The van der Waals surface area contributed by atoms with Gasteiger partial charge in [0.05, 0.1) is 18.1 Å². The summed E-state index contributed by atoms with van der Waals surface area (Å²) in [6.07, 6.45) is -1.03. The van der Waals surface area contributed by atoms with Gasteiger partial charge >= 0.3 is 5.97 Å². The lowest BCUT2D eigenvalue weighted by atomic mass is 10.0. The Morgan fingerprint density at radius 2 is 1.67 bits per heavy atom. The molecule has 2 amide bonds. The van der Waals surface area contributed by atoms with Crippen molar-refractivity contribution < 1.29 is 32.3 Å². The number of rotatable bonds is 9. The lowest BCUT2D eigenvalue weighted by molar-refractivity contribution is -0.157. The number of sulfonamides is 1. The number of morpholine rings is 1. The van der Waals surface area contributed by atoms with Crippen LogP contribution in [0.4, 0.5) is 0 Å². The maximum absolute atomic E-state index is 12.9. The molecule has 11 heteroatoms. The van der Waals surface area contributed by atoms with Gasteiger partial charge in [-0.3, -0.25) is 9.59 Å². The van der Waals surface area contributed by atoms with E-state index >= 15 is 0 Å². The largest absolute Gasteiger partial charge is 0.451 e. The van der Waals surface area contributed by atoms with E-state index in [0.717, 1.165) is 0 Å². The first-order valence-electron chi connectivity index (χ1n) is 10.9. The van der Waals surface area contributed by atoms with E-state index in [-0.39, 0.29) is 35.5 Å². The molecule has 1 heterocycles. The minimum Gasteiger partial charge on any atom is -0.451 e. The van der Waals surface area contributed by atoms with E-state index in [4.69, 9.17) is 9.47 Å². The number of hydrogen-bond donors (Lipinski definition) is 2. The van der Waals surface area contributed by atoms with E-state index in [1.54, 1.807) is 27.7 Å². The fourth-order valence-electron chi connectivity index (χ4n) is 3.16. The molecule has 2 rings (SSSR count). The smallest absolute Gasteiger partial charge is 0.329 e. The van der Waals surface area contributed by atoms with Crippen LogP contribution in [0.2, 0.25) is 0 Å². The second-order valence-electron chi connectivity index (χ2n) is 8.48. The van der Waals surface area contributed by atoms with Crippen LogP contribution in [-0.4, -0.2) is 75.0 Å². The van der Waals surface area contributed by atoms with Gasteiger partial charge in [-0.15, -0.1) is 0 Å². The van der Waals surface area contributed by atoms with Crippen LogP contribution >= 0.6 is 0 Å². The van der Waals surface area contributed by atoms with Crippen molar-refractivity contribution >= 4 is 27.8 Å². The molecule has 10 nitrogen and oxygen atoms in total. The van der Waals surface area contributed by atoms with Crippen LogP contribution in [0.1, 0.15) is 45.0 Å². The van der Waals surface area contributed by atoms with Gasteiger partial charge in [0, 0.05) is 24.7 Å². The summed E-state index contributed by atoms with van der Waals surface area (Å²) in [5, 5.41) is 5.26. The number of ether oxygens (including phenoxy) is 2. The molecule has 1 aromatic rings. The van der Waals surface area contributed by atoms with Crippen molar-refractivity contribution in [2.45, 2.75) is 57.7 Å². The Balaban J connectivity index is 2.13. The van der Waals surface area contributed by atoms with E-state index in [1.165, 1.54) is 35.5 Å². The summed E-state index contributed by atoms with van der Waals surface area (Å²) in [7, 11) is -3.78. The van der Waals surface area contributed by atoms with Crippen LogP contribution in [0, 0.1) is 5.92 Å². The monoisotopic (exact) mass is 483 g/mol. The Bertz CT molecular complexity index is 956. The third kappa shape index (κ3) is 7.24. The first-order chi connectivity index (χ1) is 15.4. The molecular formula is C22H33N3O7S. The van der Waals surface area contributed by atoms with Gasteiger partial charge in [-0.2, -0.15) is 4.31 Å². The van der Waals surface area contributed by atoms with Crippen molar-refractivity contribution in [2.75, 3.05) is 26.3 Å². The topological polar surface area (TPSA) is 131 Å². The summed E-state index contributed by atoms with van der Waals surface area (Å²) < 4.78 is 37.5. The number of nitrogens with one attached hydrogen (secondary N) is 2. The molecule has 1 aliphatic heterocycles. The highest BCUT2D eigenvalue weighted by Gasteiger charge is 2.31. The van der Waals surface area contributed by atoms with Gasteiger partial charge in [0.25, 0.3) is 11.8 Å². The molecule has 2 N–H and O–H groups in total. The molecule has 1 fully saturated rings. The van der Waals surface area contributed by atoms with E-state index < -0.39 is 40.0 Å². The number of esters is 1. The van der Waals surface area contributed by atoms with Crippen molar-refractivity contribution in [2.24, 2.45) is 5.92 Å². The van der Waals surface area contributed by atoms with Crippen molar-refractivity contribution in [3.63, 3.8) is 0 Å². The number of amides is 2. The molecule has 2 unspecified atom stereocenters. The van der Waals surface area contributed by atoms with Crippen molar-refractivity contribution in [3.05, 3.63) is 29.8 Å². The third-order valence-corrected chi connectivity index (χ3v) is 6.90. The minimum absolute atomic E-state index is 0.0142. The molecule has 1 aromatic carbocycles. The van der Waals surface area contributed by atoms with E-state index in [0.29, 0.717) is 13.2 Å². The van der Waals surface area contributed by atoms with Crippen LogP contribution in [-0.2, 0) is 29.1 Å². The third-order valence-electron chi connectivity index (χ3n) is 5.00. The van der Waals surface area contributed by atoms with Crippen LogP contribution in [0.3, 0.4) is 0 Å². The minimum atomic E-state index is -3.78. The molecule has 0 radical (unpaired) electrons. The summed E-state index contributed by atoms with van der Waals surface area (Å²) in [5.74, 6) is -2.14. The fraction of sp³-hybridized carbons (Fsp3) is 0.591. The lowest BCUT2D eigenvalue weighted by Crippen LogP contribution is -2.48. The zero-order valence-electron chi connectivity index (χ0n) is 19.7. The predicted molar refractivity (Wildman–Crippen MR) is 121 cm³/mol. The average molecular weight is 484 g/mol. The number of hydrogen-bond acceptors (Lipinski definition) is 7. The van der Waals surface area contributed by atoms with Gasteiger partial charge < -0.3 is 20.1 Å². The Morgan fingerprint density at radius 3 is 2.24 bits per heavy atom. The molecule has 33 heavy (non-hydrogen) atoms. The Labute approximate surface area is 195 Å². The van der Waals surface area contributed by atoms with Crippen LogP contribution in [0.25, 0.3) is 0 Å². The van der Waals surface area contributed by atoms with Crippen LogP contribution in [0.15, 0.2) is 29.2 Å². The highest BCUT2D eigenvalue weighted by molar-refractivity contribution is 7.89. The summed E-state index contributed by atoms with van der Waals surface area (Å²) in [6, 6.07) is 4.51. The standard InChI is InChI=1S/C22H33N3O7S/c1-14(2)19(22(28)32-16(5)20(26)23-15(3)4)24-21(27)17-7-6-8-18(13-17)33(29,30)25-9-11-31-12-10-25/h6-8,13-16,19H,9-12H2,1-5H3,(H,23,26)(H,24,27). The van der Waals surface area contributed by atoms with Crippen LogP contribution in [0.5, 0.6) is 0 Å². The van der Waals surface area contributed by atoms with Crippen LogP contribution < -0.4 is 10.6 Å². The highest BCUT2D eigenvalue weighted by atomic mass is 32.2. The molecule has 1 saturated heterocycles. The van der Waals surface area contributed by atoms with Gasteiger partial charge in [0.15, 0.2) is 6.10 Å². The van der Waals surface area contributed by atoms with Gasteiger partial charge in [-0.1, -0.05) is 19.9 Å². The fourth-order valence-corrected chi connectivity index (χ4v) is 4.61. The number of nitrogens with zero attached hydrogens (tertiary/aromatic N) is 1. The summed E-state index contributed by atoms with van der Waals surface area (Å²) in [6.45, 7) is 9.58. The zero-order chi connectivity index (χ0) is 24.8. The zero-order valence-corrected chi connectivity index (χ0v) is 20.5. The second kappa shape index (κ2) is 11.6. The molecular weight excluding hydrogens is 450 g/mol. The maximum atomic E-state index is 12.9. The number of carbonyl (C=O) groups is 3. The summed E-state index contributed by atoms with van der Waals surface area (Å²) >= 11 is 0. The number of carbonyl (C=O) groups excluding carboxylic acids is 3. The normalized spacial score (nSPS) is 16.8. The average Bonchev–Trinajstić information content (AvgIpc) is 2.77.